The van der Waals surface area contributed by atoms with E-state index in [1.54, 1.807) is 0 Å². The molecule has 19 heavy (non-hydrogen) atoms. The normalized spacial score (nSPS) is 9.89. The third-order valence-electron chi connectivity index (χ3n) is 3.33. The van der Waals surface area contributed by atoms with Crippen molar-refractivity contribution in [1.29, 1.82) is 0 Å². The second-order valence-electron chi connectivity index (χ2n) is 4.92. The number of rotatable bonds is 6. The van der Waals surface area contributed by atoms with Crippen LogP contribution in [0.3, 0.4) is 0 Å². The van der Waals surface area contributed by atoms with E-state index in [4.69, 9.17) is 4.74 Å². The van der Waals surface area contributed by atoms with Crippen molar-refractivity contribution in [3.63, 3.8) is 0 Å². The highest BCUT2D eigenvalue weighted by Gasteiger charge is 2.06. The van der Waals surface area contributed by atoms with Gasteiger partial charge in [0.1, 0.15) is 5.75 Å². The quantitative estimate of drug-likeness (QED) is 0.664. The summed E-state index contributed by atoms with van der Waals surface area (Å²) in [5, 5.41) is 0. The molecule has 0 aliphatic carbocycles. The summed E-state index contributed by atoms with van der Waals surface area (Å²) in [6.07, 6.45) is 5.20. The van der Waals surface area contributed by atoms with Gasteiger partial charge in [-0.1, -0.05) is 19.9 Å². The maximum atomic E-state index is 5.75. The predicted octanol–water partition coefficient (Wildman–Crippen LogP) is 4.83. The van der Waals surface area contributed by atoms with E-state index < -0.39 is 0 Å². The topological polar surface area (TPSA) is 9.23 Å². The van der Waals surface area contributed by atoms with Crippen molar-refractivity contribution >= 4 is 0 Å². The summed E-state index contributed by atoms with van der Waals surface area (Å²) in [6.45, 7) is 9.42. The molecule has 1 aromatic carbocycles. The summed E-state index contributed by atoms with van der Waals surface area (Å²) in [7, 11) is 0. The van der Waals surface area contributed by atoms with Crippen molar-refractivity contribution in [2.75, 3.05) is 6.61 Å². The lowest BCUT2D eigenvalue weighted by Gasteiger charge is -2.13. The van der Waals surface area contributed by atoms with Gasteiger partial charge >= 0.3 is 0 Å². The van der Waals surface area contributed by atoms with Crippen molar-refractivity contribution in [3.8, 4) is 17.6 Å². The van der Waals surface area contributed by atoms with Crippen LogP contribution in [-0.4, -0.2) is 6.61 Å². The van der Waals surface area contributed by atoms with Crippen molar-refractivity contribution in [3.05, 3.63) is 28.8 Å². The lowest BCUT2D eigenvalue weighted by atomic mass is 9.99. The largest absolute Gasteiger partial charge is 0.493 e. The van der Waals surface area contributed by atoms with Crippen LogP contribution < -0.4 is 4.74 Å². The number of aryl methyl sites for hydroxylation is 1. The first-order valence-electron chi connectivity index (χ1n) is 7.38. The van der Waals surface area contributed by atoms with E-state index in [-0.39, 0.29) is 0 Å². The average Bonchev–Trinajstić information content (AvgIpc) is 2.42. The summed E-state index contributed by atoms with van der Waals surface area (Å²) in [4.78, 5) is 0. The van der Waals surface area contributed by atoms with E-state index in [0.29, 0.717) is 0 Å². The van der Waals surface area contributed by atoms with Gasteiger partial charge in [0, 0.05) is 12.8 Å². The van der Waals surface area contributed by atoms with Gasteiger partial charge in [-0.25, -0.2) is 0 Å². The molecule has 1 aromatic rings. The third-order valence-corrected chi connectivity index (χ3v) is 3.33. The standard InChI is InChI=1S/C18H26O/c1-5-7-8-9-10-11-17-12-13-18(19-14-6-2)16(4)15(17)3/h12-13H,5-7,10-11,14H2,1-4H3. The minimum Gasteiger partial charge on any atom is -0.493 e. The molecule has 0 aliphatic heterocycles. The SMILES string of the molecule is CCCC#CCCc1ccc(OCCC)c(C)c1C. The summed E-state index contributed by atoms with van der Waals surface area (Å²) in [5.74, 6) is 7.48. The van der Waals surface area contributed by atoms with Crippen LogP contribution in [0, 0.1) is 25.7 Å². The van der Waals surface area contributed by atoms with Crippen molar-refractivity contribution < 1.29 is 4.74 Å². The highest BCUT2D eigenvalue weighted by molar-refractivity contribution is 5.43. The summed E-state index contributed by atoms with van der Waals surface area (Å²) in [5.41, 5.74) is 4.02. The minimum atomic E-state index is 0.794. The van der Waals surface area contributed by atoms with Crippen LogP contribution in [-0.2, 0) is 6.42 Å². The smallest absolute Gasteiger partial charge is 0.122 e. The molecule has 0 amide bonds. The van der Waals surface area contributed by atoms with Crippen molar-refractivity contribution in [1.82, 2.24) is 0 Å². The Morgan fingerprint density at radius 3 is 2.37 bits per heavy atom. The molecule has 0 saturated carbocycles. The van der Waals surface area contributed by atoms with Gasteiger partial charge in [0.05, 0.1) is 6.61 Å². The maximum Gasteiger partial charge on any atom is 0.122 e. The zero-order valence-corrected chi connectivity index (χ0v) is 12.8. The fourth-order valence-electron chi connectivity index (χ4n) is 1.99. The molecular formula is C18H26O. The fraction of sp³-hybridized carbons (Fsp3) is 0.556. The van der Waals surface area contributed by atoms with Gasteiger partial charge in [-0.2, -0.15) is 0 Å². The van der Waals surface area contributed by atoms with E-state index in [1.807, 2.05) is 0 Å². The van der Waals surface area contributed by atoms with E-state index in [2.05, 4.69) is 51.7 Å². The lowest BCUT2D eigenvalue weighted by Crippen LogP contribution is -2.00. The van der Waals surface area contributed by atoms with Crippen LogP contribution in [0.1, 0.15) is 56.2 Å². The molecule has 0 unspecified atom stereocenters. The minimum absolute atomic E-state index is 0.794. The molecule has 0 radical (unpaired) electrons. The molecule has 0 spiro atoms. The summed E-state index contributed by atoms with van der Waals surface area (Å²) in [6, 6.07) is 4.29. The Hall–Kier alpha value is -1.42. The number of hydrogen-bond acceptors (Lipinski definition) is 1. The molecule has 0 fully saturated rings. The van der Waals surface area contributed by atoms with E-state index in [0.717, 1.165) is 44.5 Å². The molecular weight excluding hydrogens is 232 g/mol. The lowest BCUT2D eigenvalue weighted by molar-refractivity contribution is 0.315. The molecule has 0 N–H and O–H groups in total. The highest BCUT2D eigenvalue weighted by Crippen LogP contribution is 2.25. The van der Waals surface area contributed by atoms with Crippen LogP contribution in [0.5, 0.6) is 5.75 Å². The van der Waals surface area contributed by atoms with Gasteiger partial charge in [0.2, 0.25) is 0 Å². The number of benzene rings is 1. The molecule has 1 rings (SSSR count). The fourth-order valence-corrected chi connectivity index (χ4v) is 1.99. The Morgan fingerprint density at radius 2 is 1.68 bits per heavy atom. The van der Waals surface area contributed by atoms with E-state index >= 15 is 0 Å². The molecule has 0 atom stereocenters. The molecule has 0 aromatic heterocycles. The molecule has 0 saturated heterocycles. The first-order chi connectivity index (χ1) is 9.20. The number of unbranched alkanes of at least 4 members (excludes halogenated alkanes) is 1. The zero-order chi connectivity index (χ0) is 14.1. The maximum absolute atomic E-state index is 5.75. The second kappa shape index (κ2) is 8.64. The van der Waals surface area contributed by atoms with Crippen LogP contribution in [0.4, 0.5) is 0 Å². The first-order valence-corrected chi connectivity index (χ1v) is 7.38. The molecule has 0 aliphatic rings. The van der Waals surface area contributed by atoms with Crippen molar-refractivity contribution in [2.24, 2.45) is 0 Å². The van der Waals surface area contributed by atoms with Crippen molar-refractivity contribution in [2.45, 2.75) is 59.8 Å². The summed E-state index contributed by atoms with van der Waals surface area (Å²) < 4.78 is 5.75. The molecule has 0 heterocycles. The van der Waals surface area contributed by atoms with Gasteiger partial charge in [-0.05, 0) is 55.9 Å². The van der Waals surface area contributed by atoms with Crippen LogP contribution in [0.2, 0.25) is 0 Å². The van der Waals surface area contributed by atoms with Crippen LogP contribution >= 0.6 is 0 Å². The highest BCUT2D eigenvalue weighted by atomic mass is 16.5. The second-order valence-corrected chi connectivity index (χ2v) is 4.92. The third kappa shape index (κ3) is 4.99. The van der Waals surface area contributed by atoms with E-state index in [1.165, 1.54) is 16.7 Å². The Bertz CT molecular complexity index is 449. The average molecular weight is 258 g/mol. The Morgan fingerprint density at radius 1 is 0.947 bits per heavy atom. The first kappa shape index (κ1) is 15.6. The zero-order valence-electron chi connectivity index (χ0n) is 12.8. The molecule has 1 heteroatoms. The number of hydrogen-bond donors (Lipinski definition) is 0. The van der Waals surface area contributed by atoms with E-state index in [9.17, 15) is 0 Å². The summed E-state index contributed by atoms with van der Waals surface area (Å²) >= 11 is 0. The van der Waals surface area contributed by atoms with Gasteiger partial charge in [0.15, 0.2) is 0 Å². The Labute approximate surface area is 118 Å². The van der Waals surface area contributed by atoms with Gasteiger partial charge < -0.3 is 4.74 Å². The molecule has 104 valence electrons. The van der Waals surface area contributed by atoms with Gasteiger partial charge in [0.25, 0.3) is 0 Å². The molecule has 0 bridgehead atoms. The Balaban J connectivity index is 2.66. The monoisotopic (exact) mass is 258 g/mol. The van der Waals surface area contributed by atoms with Gasteiger partial charge in [-0.15, -0.1) is 11.8 Å². The number of ether oxygens (including phenoxy) is 1. The van der Waals surface area contributed by atoms with Crippen LogP contribution in [0.15, 0.2) is 12.1 Å². The predicted molar refractivity (Wildman–Crippen MR) is 82.7 cm³/mol. The molecule has 1 nitrogen and oxygen atoms in total. The van der Waals surface area contributed by atoms with Crippen LogP contribution in [0.25, 0.3) is 0 Å². The van der Waals surface area contributed by atoms with Gasteiger partial charge in [-0.3, -0.25) is 0 Å². The Kier molecular flexibility index (Phi) is 7.11.